The lowest BCUT2D eigenvalue weighted by Gasteiger charge is -2.32. The van der Waals surface area contributed by atoms with Crippen LogP contribution in [0, 0.1) is 24.5 Å². The average Bonchev–Trinajstić information content (AvgIpc) is 2.92. The Balaban J connectivity index is 1.40. The molecule has 4 rings (SSSR count). The van der Waals surface area contributed by atoms with E-state index in [2.05, 4.69) is 10.3 Å². The summed E-state index contributed by atoms with van der Waals surface area (Å²) < 4.78 is 42.4. The summed E-state index contributed by atoms with van der Waals surface area (Å²) in [5, 5.41) is 3.38. The third kappa shape index (κ3) is 4.08. The maximum Gasteiger partial charge on any atom is 0.269 e. The molecule has 5 nitrogen and oxygen atoms in total. The van der Waals surface area contributed by atoms with Crippen LogP contribution in [-0.4, -0.2) is 29.4 Å². The smallest absolute Gasteiger partial charge is 0.269 e. The Morgan fingerprint density at radius 2 is 1.88 bits per heavy atom. The number of nitrogens with one attached hydrogen (secondary N) is 1. The number of benzene rings is 1. The highest BCUT2D eigenvalue weighted by Crippen LogP contribution is 2.44. The zero-order valence-electron chi connectivity index (χ0n) is 17.7. The molecule has 0 saturated heterocycles. The van der Waals surface area contributed by atoms with E-state index < -0.39 is 23.2 Å². The molecule has 1 aromatic carbocycles. The van der Waals surface area contributed by atoms with Gasteiger partial charge < -0.3 is 10.2 Å². The van der Waals surface area contributed by atoms with Gasteiger partial charge in [-0.05, 0) is 57.6 Å². The summed E-state index contributed by atoms with van der Waals surface area (Å²) >= 11 is 5.94. The van der Waals surface area contributed by atoms with Gasteiger partial charge in [-0.15, -0.1) is 0 Å². The Kier molecular flexibility index (Phi) is 5.92. The maximum absolute atomic E-state index is 15.0. The Bertz CT molecular complexity index is 1080. The number of aryl methyl sites for hydroxylation is 1. The quantitative estimate of drug-likeness (QED) is 0.702. The van der Waals surface area contributed by atoms with Crippen molar-refractivity contribution in [1.29, 1.82) is 0 Å². The molecule has 1 fully saturated rings. The predicted octanol–water partition coefficient (Wildman–Crippen LogP) is 4.84. The summed E-state index contributed by atoms with van der Waals surface area (Å²) in [6.45, 7) is 3.03. The number of amides is 2. The Morgan fingerprint density at radius 3 is 2.56 bits per heavy atom. The van der Waals surface area contributed by atoms with Crippen molar-refractivity contribution in [1.82, 2.24) is 10.3 Å². The van der Waals surface area contributed by atoms with Crippen LogP contribution in [0.2, 0.25) is 5.02 Å². The van der Waals surface area contributed by atoms with Crippen molar-refractivity contribution in [3.63, 3.8) is 0 Å². The summed E-state index contributed by atoms with van der Waals surface area (Å²) in [5.41, 5.74) is -1.44. The highest BCUT2D eigenvalue weighted by molar-refractivity contribution is 6.30. The molecule has 1 N–H and O–H groups in total. The molecule has 1 aliphatic heterocycles. The molecule has 170 valence electrons. The highest BCUT2D eigenvalue weighted by atomic mass is 35.5. The molecule has 1 aromatic heterocycles. The lowest BCUT2D eigenvalue weighted by Crippen LogP contribution is -2.42. The van der Waals surface area contributed by atoms with E-state index in [-0.39, 0.29) is 35.7 Å². The van der Waals surface area contributed by atoms with Gasteiger partial charge in [0.2, 0.25) is 5.67 Å². The van der Waals surface area contributed by atoms with Gasteiger partial charge in [-0.2, -0.15) is 0 Å². The van der Waals surface area contributed by atoms with Gasteiger partial charge in [-0.1, -0.05) is 11.6 Å². The van der Waals surface area contributed by atoms with Crippen LogP contribution < -0.4 is 10.2 Å². The summed E-state index contributed by atoms with van der Waals surface area (Å²) in [4.78, 5) is 30.6. The van der Waals surface area contributed by atoms with Crippen molar-refractivity contribution in [2.75, 3.05) is 11.4 Å². The first-order valence-corrected chi connectivity index (χ1v) is 10.9. The molecule has 0 spiro atoms. The van der Waals surface area contributed by atoms with E-state index in [1.807, 2.05) is 0 Å². The number of aromatic nitrogens is 1. The molecule has 2 heterocycles. The van der Waals surface area contributed by atoms with Crippen LogP contribution in [0.4, 0.5) is 18.9 Å². The first kappa shape index (κ1) is 22.6. The number of pyridine rings is 1. The standard InChI is InChI=1S/C23H23ClF3N3O2/c1-12-16(7-14(24)10-28-12)21(31)29-15-5-3-13(4-6-15)11-30-20-9-19(26)18(25)8-17(20)23(2,27)22(30)32/h7-10,13,15H,3-6,11H2,1-2H3,(H,29,31). The number of halogens is 4. The van der Waals surface area contributed by atoms with Gasteiger partial charge in [0.05, 0.1) is 22.0 Å². The van der Waals surface area contributed by atoms with Crippen molar-refractivity contribution >= 4 is 29.1 Å². The third-order valence-electron chi connectivity index (χ3n) is 6.40. The normalized spacial score (nSPS) is 25.1. The van der Waals surface area contributed by atoms with Crippen molar-refractivity contribution in [2.45, 2.75) is 51.2 Å². The van der Waals surface area contributed by atoms with Gasteiger partial charge in [0.1, 0.15) is 0 Å². The first-order valence-electron chi connectivity index (χ1n) is 10.5. The molecular formula is C23H23ClF3N3O2. The topological polar surface area (TPSA) is 62.3 Å². The summed E-state index contributed by atoms with van der Waals surface area (Å²) in [5.74, 6) is -3.29. The molecule has 1 atom stereocenters. The molecule has 1 unspecified atom stereocenters. The van der Waals surface area contributed by atoms with E-state index in [9.17, 15) is 22.8 Å². The van der Waals surface area contributed by atoms with Crippen molar-refractivity contribution in [3.05, 3.63) is 57.9 Å². The fourth-order valence-corrected chi connectivity index (χ4v) is 4.70. The Morgan fingerprint density at radius 1 is 1.22 bits per heavy atom. The van der Waals surface area contributed by atoms with Gasteiger partial charge >= 0.3 is 0 Å². The van der Waals surface area contributed by atoms with E-state index in [0.717, 1.165) is 19.1 Å². The Hall–Kier alpha value is -2.61. The second kappa shape index (κ2) is 8.39. The Labute approximate surface area is 189 Å². The number of alkyl halides is 1. The molecule has 2 aliphatic rings. The van der Waals surface area contributed by atoms with E-state index in [4.69, 9.17) is 11.6 Å². The molecule has 32 heavy (non-hydrogen) atoms. The number of anilines is 1. The molecule has 2 aromatic rings. The van der Waals surface area contributed by atoms with Crippen molar-refractivity contribution in [3.8, 4) is 0 Å². The van der Waals surface area contributed by atoms with Crippen LogP contribution in [0.3, 0.4) is 0 Å². The fourth-order valence-electron chi connectivity index (χ4n) is 4.54. The molecule has 1 saturated carbocycles. The molecule has 2 amide bonds. The predicted molar refractivity (Wildman–Crippen MR) is 114 cm³/mol. The largest absolute Gasteiger partial charge is 0.349 e. The van der Waals surface area contributed by atoms with Gasteiger partial charge in [0.25, 0.3) is 11.8 Å². The summed E-state index contributed by atoms with van der Waals surface area (Å²) in [6.07, 6.45) is 4.25. The van der Waals surface area contributed by atoms with Crippen LogP contribution >= 0.6 is 11.6 Å². The SMILES string of the molecule is Cc1ncc(Cl)cc1C(=O)NC1CCC(CN2C(=O)C(C)(F)c3cc(F)c(F)cc32)CC1. The molecule has 0 bridgehead atoms. The minimum atomic E-state index is -2.39. The molecule has 0 radical (unpaired) electrons. The van der Waals surface area contributed by atoms with E-state index in [0.29, 0.717) is 42.0 Å². The number of fused-ring (bicyclic) bond motifs is 1. The van der Waals surface area contributed by atoms with E-state index in [1.54, 1.807) is 13.0 Å². The third-order valence-corrected chi connectivity index (χ3v) is 6.61. The monoisotopic (exact) mass is 465 g/mol. The minimum absolute atomic E-state index is 0.0447. The number of carbonyl (C=O) groups excluding carboxylic acids is 2. The fraction of sp³-hybridized carbons (Fsp3) is 0.435. The van der Waals surface area contributed by atoms with E-state index >= 15 is 0 Å². The molecule has 1 aliphatic carbocycles. The highest BCUT2D eigenvalue weighted by Gasteiger charge is 2.49. The van der Waals surface area contributed by atoms with Gasteiger partial charge in [-0.3, -0.25) is 14.6 Å². The minimum Gasteiger partial charge on any atom is -0.349 e. The van der Waals surface area contributed by atoms with Gasteiger partial charge in [-0.25, -0.2) is 13.2 Å². The second-order valence-corrected chi connectivity index (χ2v) is 9.12. The first-order chi connectivity index (χ1) is 15.1. The molecule has 9 heteroatoms. The van der Waals surface area contributed by atoms with E-state index in [1.165, 1.54) is 11.1 Å². The number of hydrogen-bond acceptors (Lipinski definition) is 3. The van der Waals surface area contributed by atoms with Crippen LogP contribution in [-0.2, 0) is 10.5 Å². The number of nitrogens with zero attached hydrogens (tertiary/aromatic N) is 2. The zero-order chi connectivity index (χ0) is 23.2. The maximum atomic E-state index is 15.0. The number of hydrogen-bond donors (Lipinski definition) is 1. The second-order valence-electron chi connectivity index (χ2n) is 8.68. The summed E-state index contributed by atoms with van der Waals surface area (Å²) in [6, 6.07) is 3.19. The number of rotatable bonds is 4. The van der Waals surface area contributed by atoms with Crippen molar-refractivity contribution in [2.24, 2.45) is 5.92 Å². The van der Waals surface area contributed by atoms with Crippen LogP contribution in [0.25, 0.3) is 0 Å². The average molecular weight is 466 g/mol. The lowest BCUT2D eigenvalue weighted by atomic mass is 9.85. The van der Waals surface area contributed by atoms with Crippen LogP contribution in [0.15, 0.2) is 24.4 Å². The molecular weight excluding hydrogens is 443 g/mol. The summed E-state index contributed by atoms with van der Waals surface area (Å²) in [7, 11) is 0. The van der Waals surface area contributed by atoms with Crippen molar-refractivity contribution < 1.29 is 22.8 Å². The number of carbonyl (C=O) groups is 2. The van der Waals surface area contributed by atoms with Gasteiger partial charge in [0, 0.05) is 30.4 Å². The van der Waals surface area contributed by atoms with Gasteiger partial charge in [0.15, 0.2) is 11.6 Å². The van der Waals surface area contributed by atoms with Crippen LogP contribution in [0.1, 0.15) is 54.2 Å². The lowest BCUT2D eigenvalue weighted by molar-refractivity contribution is -0.128. The zero-order valence-corrected chi connectivity index (χ0v) is 18.5. The van der Waals surface area contributed by atoms with Crippen LogP contribution in [0.5, 0.6) is 0 Å².